The third-order valence-electron chi connectivity index (χ3n) is 3.92. The van der Waals surface area contributed by atoms with E-state index in [4.69, 9.17) is 0 Å². The number of rotatable bonds is 3. The summed E-state index contributed by atoms with van der Waals surface area (Å²) in [5.41, 5.74) is 1.16. The van der Waals surface area contributed by atoms with Crippen LogP contribution in [0, 0.1) is 11.6 Å². The molecule has 0 radical (unpaired) electrons. The number of para-hydroxylation sites is 1. The van der Waals surface area contributed by atoms with Crippen molar-refractivity contribution in [1.29, 1.82) is 0 Å². The number of carboxylic acid groups (broad SMARTS) is 1. The van der Waals surface area contributed by atoms with Crippen LogP contribution in [0.25, 0.3) is 0 Å². The molecule has 1 atom stereocenters. The molecule has 1 heterocycles. The summed E-state index contributed by atoms with van der Waals surface area (Å²) in [5, 5.41) is 9.28. The molecular weight excluding hydrogens is 304 g/mol. The van der Waals surface area contributed by atoms with Gasteiger partial charge in [-0.05, 0) is 23.3 Å². The highest BCUT2D eigenvalue weighted by Gasteiger charge is 2.36. The summed E-state index contributed by atoms with van der Waals surface area (Å²) in [5.74, 6) is -3.74. The maximum atomic E-state index is 13.7. The predicted octanol–water partition coefficient (Wildman–Crippen LogP) is 2.72. The van der Waals surface area contributed by atoms with Gasteiger partial charge in [-0.3, -0.25) is 9.59 Å². The van der Waals surface area contributed by atoms with E-state index >= 15 is 0 Å². The maximum Gasteiger partial charge on any atom is 0.312 e. The molecular formula is C17H13F2NO3. The Balaban J connectivity index is 1.87. The number of carbonyl (C=O) groups is 2. The van der Waals surface area contributed by atoms with Crippen molar-refractivity contribution in [2.45, 2.75) is 12.3 Å². The number of carboxylic acids is 1. The molecule has 4 nitrogen and oxygen atoms in total. The molecule has 1 aliphatic rings. The van der Waals surface area contributed by atoms with Crippen LogP contribution in [-0.2, 0) is 16.0 Å². The van der Waals surface area contributed by atoms with E-state index in [-0.39, 0.29) is 18.5 Å². The Kier molecular flexibility index (Phi) is 3.82. The zero-order valence-corrected chi connectivity index (χ0v) is 12.0. The van der Waals surface area contributed by atoms with Gasteiger partial charge in [-0.25, -0.2) is 8.78 Å². The monoisotopic (exact) mass is 317 g/mol. The number of amides is 1. The van der Waals surface area contributed by atoms with Crippen molar-refractivity contribution in [3.8, 4) is 0 Å². The van der Waals surface area contributed by atoms with Crippen LogP contribution in [0.15, 0.2) is 42.5 Å². The number of hydrogen-bond acceptors (Lipinski definition) is 2. The topological polar surface area (TPSA) is 57.6 Å². The number of halogens is 2. The highest BCUT2D eigenvalue weighted by atomic mass is 19.1. The molecule has 1 aliphatic heterocycles. The van der Waals surface area contributed by atoms with E-state index in [9.17, 15) is 23.5 Å². The number of aliphatic carboxylic acids is 1. The van der Waals surface area contributed by atoms with Crippen LogP contribution in [0.1, 0.15) is 17.0 Å². The number of anilines is 1. The maximum absolute atomic E-state index is 13.7. The molecule has 0 aromatic heterocycles. The first-order valence-corrected chi connectivity index (χ1v) is 7.03. The van der Waals surface area contributed by atoms with Crippen LogP contribution in [-0.4, -0.2) is 23.5 Å². The Hall–Kier alpha value is -2.76. The highest BCUT2D eigenvalue weighted by molar-refractivity contribution is 5.99. The average Bonchev–Trinajstić information content (AvgIpc) is 2.90. The van der Waals surface area contributed by atoms with Gasteiger partial charge in [0.1, 0.15) is 17.6 Å². The van der Waals surface area contributed by atoms with Crippen LogP contribution < -0.4 is 4.90 Å². The minimum Gasteiger partial charge on any atom is -0.481 e. The lowest BCUT2D eigenvalue weighted by Gasteiger charge is -2.17. The minimum atomic E-state index is -1.01. The average molecular weight is 317 g/mol. The SMILES string of the molecule is O=C(O)[C@@H]1CN(C(=O)Cc2ccc(F)cc2F)c2ccccc21. The van der Waals surface area contributed by atoms with Crippen molar-refractivity contribution >= 4 is 17.6 Å². The number of nitrogens with zero attached hydrogens (tertiary/aromatic N) is 1. The Labute approximate surface area is 131 Å². The van der Waals surface area contributed by atoms with Gasteiger partial charge in [-0.15, -0.1) is 0 Å². The number of hydrogen-bond donors (Lipinski definition) is 1. The second-order valence-corrected chi connectivity index (χ2v) is 5.37. The van der Waals surface area contributed by atoms with Crippen LogP contribution in [0.3, 0.4) is 0 Å². The fourth-order valence-electron chi connectivity index (χ4n) is 2.78. The summed E-state index contributed by atoms with van der Waals surface area (Å²) in [6.45, 7) is 0.0102. The van der Waals surface area contributed by atoms with Gasteiger partial charge in [0.15, 0.2) is 0 Å². The molecule has 6 heteroatoms. The van der Waals surface area contributed by atoms with Crippen molar-refractivity contribution in [3.63, 3.8) is 0 Å². The summed E-state index contributed by atoms with van der Waals surface area (Å²) in [4.78, 5) is 25.1. The normalized spacial score (nSPS) is 16.3. The Bertz CT molecular complexity index is 791. The molecule has 0 aliphatic carbocycles. The largest absolute Gasteiger partial charge is 0.481 e. The second-order valence-electron chi connectivity index (χ2n) is 5.37. The summed E-state index contributed by atoms with van der Waals surface area (Å²) in [6.07, 6.45) is -0.257. The standard InChI is InChI=1S/C17H13F2NO3/c18-11-6-5-10(14(19)8-11)7-16(21)20-9-13(17(22)23)12-3-1-2-4-15(12)20/h1-6,8,13H,7,9H2,(H,22,23)/t13-/m1/s1. The second kappa shape index (κ2) is 5.79. The molecule has 3 rings (SSSR count). The molecule has 2 aromatic carbocycles. The van der Waals surface area contributed by atoms with Gasteiger partial charge in [0.2, 0.25) is 5.91 Å². The van der Waals surface area contributed by atoms with Gasteiger partial charge in [0, 0.05) is 18.3 Å². The smallest absolute Gasteiger partial charge is 0.312 e. The Morgan fingerprint density at radius 1 is 1.17 bits per heavy atom. The summed E-state index contributed by atoms with van der Waals surface area (Å²) >= 11 is 0. The molecule has 0 saturated heterocycles. The number of fused-ring (bicyclic) bond motifs is 1. The van der Waals surface area contributed by atoms with E-state index in [0.29, 0.717) is 11.3 Å². The molecule has 0 unspecified atom stereocenters. The zero-order chi connectivity index (χ0) is 16.6. The van der Waals surface area contributed by atoms with E-state index in [2.05, 4.69) is 0 Å². The number of benzene rings is 2. The van der Waals surface area contributed by atoms with Gasteiger partial charge < -0.3 is 10.0 Å². The first-order valence-electron chi connectivity index (χ1n) is 7.03. The summed E-state index contributed by atoms with van der Waals surface area (Å²) in [7, 11) is 0. The Morgan fingerprint density at radius 3 is 2.61 bits per heavy atom. The molecule has 0 bridgehead atoms. The van der Waals surface area contributed by atoms with E-state index in [1.165, 1.54) is 11.0 Å². The van der Waals surface area contributed by atoms with Crippen LogP contribution in [0.4, 0.5) is 14.5 Å². The van der Waals surface area contributed by atoms with Gasteiger partial charge in [-0.1, -0.05) is 24.3 Å². The van der Waals surface area contributed by atoms with Crippen molar-refractivity contribution in [1.82, 2.24) is 0 Å². The highest BCUT2D eigenvalue weighted by Crippen LogP contribution is 2.36. The third-order valence-corrected chi connectivity index (χ3v) is 3.92. The van der Waals surface area contributed by atoms with Crippen molar-refractivity contribution in [3.05, 3.63) is 65.2 Å². The molecule has 118 valence electrons. The van der Waals surface area contributed by atoms with Gasteiger partial charge >= 0.3 is 5.97 Å². The minimum absolute atomic E-state index is 0.0102. The molecule has 2 aromatic rings. The van der Waals surface area contributed by atoms with Crippen LogP contribution >= 0.6 is 0 Å². The van der Waals surface area contributed by atoms with Crippen molar-refractivity contribution in [2.24, 2.45) is 0 Å². The van der Waals surface area contributed by atoms with Crippen molar-refractivity contribution in [2.75, 3.05) is 11.4 Å². The lowest BCUT2D eigenvalue weighted by Crippen LogP contribution is -2.32. The van der Waals surface area contributed by atoms with Crippen LogP contribution in [0.5, 0.6) is 0 Å². The van der Waals surface area contributed by atoms with Gasteiger partial charge in [0.05, 0.1) is 6.42 Å². The van der Waals surface area contributed by atoms with E-state index in [1.54, 1.807) is 24.3 Å². The number of carbonyl (C=O) groups excluding carboxylic acids is 1. The zero-order valence-electron chi connectivity index (χ0n) is 12.0. The lowest BCUT2D eigenvalue weighted by molar-refractivity contribution is -0.138. The fraction of sp³-hybridized carbons (Fsp3) is 0.176. The first kappa shape index (κ1) is 15.1. The van der Waals surface area contributed by atoms with Crippen LogP contribution in [0.2, 0.25) is 0 Å². The summed E-state index contributed by atoms with van der Waals surface area (Å²) < 4.78 is 26.6. The summed E-state index contributed by atoms with van der Waals surface area (Å²) in [6, 6.07) is 9.78. The molecule has 0 saturated carbocycles. The van der Waals surface area contributed by atoms with Crippen molar-refractivity contribution < 1.29 is 23.5 Å². The lowest BCUT2D eigenvalue weighted by atomic mass is 10.0. The quantitative estimate of drug-likeness (QED) is 0.947. The fourth-order valence-corrected chi connectivity index (χ4v) is 2.78. The molecule has 0 spiro atoms. The first-order chi connectivity index (χ1) is 11.0. The van der Waals surface area contributed by atoms with E-state index in [0.717, 1.165) is 12.1 Å². The van der Waals surface area contributed by atoms with Gasteiger partial charge in [0.25, 0.3) is 0 Å². The Morgan fingerprint density at radius 2 is 1.91 bits per heavy atom. The van der Waals surface area contributed by atoms with Gasteiger partial charge in [-0.2, -0.15) is 0 Å². The molecule has 1 amide bonds. The third kappa shape index (κ3) is 2.79. The van der Waals surface area contributed by atoms with E-state index in [1.807, 2.05) is 0 Å². The predicted molar refractivity (Wildman–Crippen MR) is 79.2 cm³/mol. The van der Waals surface area contributed by atoms with E-state index < -0.39 is 29.4 Å². The molecule has 23 heavy (non-hydrogen) atoms. The molecule has 1 N–H and O–H groups in total. The molecule has 0 fully saturated rings.